The van der Waals surface area contributed by atoms with Crippen molar-refractivity contribution in [3.63, 3.8) is 0 Å². The summed E-state index contributed by atoms with van der Waals surface area (Å²) in [5.41, 5.74) is -0.329. The molecule has 0 aliphatic carbocycles. The summed E-state index contributed by atoms with van der Waals surface area (Å²) in [7, 11) is 0. The standard InChI is InChI=1S/C12H19ClN4O2/c13-10-11(16-8-17-12(10)18)15-4-1-7-19-9-2-5-14-6-3-9/h8-9,14H,1-7H2,(H2,15,16,17,18). The van der Waals surface area contributed by atoms with Crippen molar-refractivity contribution >= 4 is 17.4 Å². The van der Waals surface area contributed by atoms with Crippen molar-refractivity contribution in [2.24, 2.45) is 0 Å². The van der Waals surface area contributed by atoms with Gasteiger partial charge in [-0.15, -0.1) is 0 Å². The van der Waals surface area contributed by atoms with Crippen molar-refractivity contribution in [2.75, 3.05) is 31.6 Å². The molecule has 2 heterocycles. The highest BCUT2D eigenvalue weighted by molar-refractivity contribution is 6.32. The number of H-pyrrole nitrogens is 1. The zero-order valence-corrected chi connectivity index (χ0v) is 11.5. The largest absolute Gasteiger partial charge is 0.378 e. The lowest BCUT2D eigenvalue weighted by molar-refractivity contribution is 0.0329. The molecule has 7 heteroatoms. The summed E-state index contributed by atoms with van der Waals surface area (Å²) in [6.45, 7) is 3.46. The third-order valence-corrected chi connectivity index (χ3v) is 3.40. The fourth-order valence-electron chi connectivity index (χ4n) is 2.00. The van der Waals surface area contributed by atoms with Gasteiger partial charge in [-0.3, -0.25) is 4.79 Å². The Bertz CT molecular complexity index is 446. The fraction of sp³-hybridized carbons (Fsp3) is 0.667. The fourth-order valence-corrected chi connectivity index (χ4v) is 2.17. The Balaban J connectivity index is 1.63. The molecule has 2 rings (SSSR count). The van der Waals surface area contributed by atoms with Gasteiger partial charge in [-0.25, -0.2) is 4.98 Å². The highest BCUT2D eigenvalue weighted by atomic mass is 35.5. The number of rotatable bonds is 6. The van der Waals surface area contributed by atoms with E-state index in [9.17, 15) is 4.79 Å². The Hall–Kier alpha value is -1.11. The molecule has 1 aromatic heterocycles. The summed E-state index contributed by atoms with van der Waals surface area (Å²) in [4.78, 5) is 17.6. The predicted molar refractivity (Wildman–Crippen MR) is 74.8 cm³/mol. The van der Waals surface area contributed by atoms with E-state index in [0.29, 0.717) is 25.1 Å². The monoisotopic (exact) mass is 286 g/mol. The first-order valence-electron chi connectivity index (χ1n) is 6.57. The van der Waals surface area contributed by atoms with Crippen LogP contribution >= 0.6 is 11.6 Å². The minimum atomic E-state index is -0.329. The van der Waals surface area contributed by atoms with Crippen LogP contribution in [0, 0.1) is 0 Å². The van der Waals surface area contributed by atoms with Gasteiger partial charge in [0.1, 0.15) is 5.02 Å². The van der Waals surface area contributed by atoms with E-state index in [4.69, 9.17) is 16.3 Å². The summed E-state index contributed by atoms with van der Waals surface area (Å²) in [6.07, 6.45) is 4.73. The quantitative estimate of drug-likeness (QED) is 0.680. The number of halogens is 1. The van der Waals surface area contributed by atoms with Crippen LogP contribution in [0.25, 0.3) is 0 Å². The molecular weight excluding hydrogens is 268 g/mol. The molecule has 0 amide bonds. The molecule has 1 aromatic rings. The average molecular weight is 287 g/mol. The second-order valence-electron chi connectivity index (χ2n) is 4.49. The Kier molecular flexibility index (Phi) is 5.62. The molecule has 0 aromatic carbocycles. The number of hydrogen-bond donors (Lipinski definition) is 3. The van der Waals surface area contributed by atoms with Crippen LogP contribution in [-0.2, 0) is 4.74 Å². The van der Waals surface area contributed by atoms with Crippen molar-refractivity contribution < 1.29 is 4.74 Å². The van der Waals surface area contributed by atoms with Crippen LogP contribution in [0.5, 0.6) is 0 Å². The number of aromatic nitrogens is 2. The molecule has 0 saturated carbocycles. The van der Waals surface area contributed by atoms with Crippen LogP contribution < -0.4 is 16.2 Å². The zero-order valence-electron chi connectivity index (χ0n) is 10.7. The summed E-state index contributed by atoms with van der Waals surface area (Å²) in [6, 6.07) is 0. The molecule has 0 atom stereocenters. The molecule has 0 unspecified atom stereocenters. The number of piperidine rings is 1. The highest BCUT2D eigenvalue weighted by Gasteiger charge is 2.12. The summed E-state index contributed by atoms with van der Waals surface area (Å²) >= 11 is 5.82. The molecule has 1 aliphatic heterocycles. The normalized spacial score (nSPS) is 16.5. The second kappa shape index (κ2) is 7.47. The molecule has 0 bridgehead atoms. The Labute approximate surface area is 116 Å². The molecule has 19 heavy (non-hydrogen) atoms. The lowest BCUT2D eigenvalue weighted by Gasteiger charge is -2.22. The second-order valence-corrected chi connectivity index (χ2v) is 4.87. The first-order valence-corrected chi connectivity index (χ1v) is 6.94. The minimum absolute atomic E-state index is 0.0989. The average Bonchev–Trinajstić information content (AvgIpc) is 2.44. The Morgan fingerprint density at radius 3 is 3.05 bits per heavy atom. The molecule has 1 fully saturated rings. The Morgan fingerprint density at radius 1 is 1.47 bits per heavy atom. The molecule has 6 nitrogen and oxygen atoms in total. The van der Waals surface area contributed by atoms with Gasteiger partial charge in [0.25, 0.3) is 5.56 Å². The number of aromatic amines is 1. The van der Waals surface area contributed by atoms with Gasteiger partial charge < -0.3 is 20.4 Å². The van der Waals surface area contributed by atoms with E-state index < -0.39 is 0 Å². The van der Waals surface area contributed by atoms with Crippen molar-refractivity contribution in [3.8, 4) is 0 Å². The van der Waals surface area contributed by atoms with E-state index in [1.807, 2.05) is 0 Å². The number of anilines is 1. The van der Waals surface area contributed by atoms with Crippen molar-refractivity contribution in [1.82, 2.24) is 15.3 Å². The molecular formula is C12H19ClN4O2. The Morgan fingerprint density at radius 2 is 2.26 bits per heavy atom. The lowest BCUT2D eigenvalue weighted by atomic mass is 10.1. The van der Waals surface area contributed by atoms with Crippen LogP contribution in [0.1, 0.15) is 19.3 Å². The van der Waals surface area contributed by atoms with Gasteiger partial charge in [-0.05, 0) is 32.4 Å². The molecule has 0 radical (unpaired) electrons. The van der Waals surface area contributed by atoms with Gasteiger partial charge >= 0.3 is 0 Å². The van der Waals surface area contributed by atoms with Crippen LogP contribution in [0.15, 0.2) is 11.1 Å². The van der Waals surface area contributed by atoms with E-state index in [1.54, 1.807) is 0 Å². The molecule has 0 spiro atoms. The van der Waals surface area contributed by atoms with Crippen molar-refractivity contribution in [1.29, 1.82) is 0 Å². The van der Waals surface area contributed by atoms with Crippen LogP contribution in [0.3, 0.4) is 0 Å². The summed E-state index contributed by atoms with van der Waals surface area (Å²) in [5.74, 6) is 0.423. The summed E-state index contributed by atoms with van der Waals surface area (Å²) in [5, 5.41) is 6.44. The number of nitrogens with zero attached hydrogens (tertiary/aromatic N) is 1. The van der Waals surface area contributed by atoms with Crippen LogP contribution in [-0.4, -0.2) is 42.3 Å². The molecule has 106 valence electrons. The maximum Gasteiger partial charge on any atom is 0.271 e. The molecule has 1 saturated heterocycles. The smallest absolute Gasteiger partial charge is 0.271 e. The van der Waals surface area contributed by atoms with Gasteiger partial charge in [0, 0.05) is 13.2 Å². The summed E-state index contributed by atoms with van der Waals surface area (Å²) < 4.78 is 5.77. The van der Waals surface area contributed by atoms with E-state index in [1.165, 1.54) is 6.33 Å². The van der Waals surface area contributed by atoms with Gasteiger partial charge in [0.15, 0.2) is 5.82 Å². The minimum Gasteiger partial charge on any atom is -0.378 e. The maximum atomic E-state index is 11.2. The van der Waals surface area contributed by atoms with Crippen LogP contribution in [0.4, 0.5) is 5.82 Å². The SMILES string of the molecule is O=c1[nH]cnc(NCCCOC2CCNCC2)c1Cl. The molecule has 1 aliphatic rings. The number of nitrogens with one attached hydrogen (secondary N) is 3. The van der Waals surface area contributed by atoms with E-state index in [2.05, 4.69) is 20.6 Å². The van der Waals surface area contributed by atoms with Crippen molar-refractivity contribution in [2.45, 2.75) is 25.4 Å². The first kappa shape index (κ1) is 14.3. The topological polar surface area (TPSA) is 79.0 Å². The van der Waals surface area contributed by atoms with Gasteiger partial charge in [-0.2, -0.15) is 0 Å². The van der Waals surface area contributed by atoms with Crippen molar-refractivity contribution in [3.05, 3.63) is 21.7 Å². The van der Waals surface area contributed by atoms with Gasteiger partial charge in [0.2, 0.25) is 0 Å². The van der Waals surface area contributed by atoms with E-state index >= 15 is 0 Å². The van der Waals surface area contributed by atoms with Gasteiger partial charge in [0.05, 0.1) is 12.4 Å². The van der Waals surface area contributed by atoms with E-state index in [0.717, 1.165) is 32.4 Å². The van der Waals surface area contributed by atoms with Gasteiger partial charge in [-0.1, -0.05) is 11.6 Å². The predicted octanol–water partition coefficient (Wildman–Crippen LogP) is 0.994. The number of hydrogen-bond acceptors (Lipinski definition) is 5. The van der Waals surface area contributed by atoms with Crippen LogP contribution in [0.2, 0.25) is 5.02 Å². The third-order valence-electron chi connectivity index (χ3n) is 3.05. The first-order chi connectivity index (χ1) is 9.27. The highest BCUT2D eigenvalue weighted by Crippen LogP contribution is 2.12. The zero-order chi connectivity index (χ0) is 13.5. The number of ether oxygens (including phenoxy) is 1. The van der Waals surface area contributed by atoms with E-state index in [-0.39, 0.29) is 10.6 Å². The lowest BCUT2D eigenvalue weighted by Crippen LogP contribution is -2.32. The maximum absolute atomic E-state index is 11.2. The third kappa shape index (κ3) is 4.49. The molecule has 3 N–H and O–H groups in total.